The van der Waals surface area contributed by atoms with Crippen molar-refractivity contribution in [2.45, 2.75) is 19.9 Å². The van der Waals surface area contributed by atoms with E-state index in [0.29, 0.717) is 0 Å². The Morgan fingerprint density at radius 1 is 1.43 bits per heavy atom. The Morgan fingerprint density at radius 2 is 2.14 bits per heavy atom. The summed E-state index contributed by atoms with van der Waals surface area (Å²) in [6.07, 6.45) is 2.97. The molecule has 1 aromatic heterocycles. The Balaban J connectivity index is 2.46. The van der Waals surface area contributed by atoms with Gasteiger partial charge >= 0.3 is 11.5 Å². The zero-order valence-corrected chi connectivity index (χ0v) is 12.2. The van der Waals surface area contributed by atoms with Crippen molar-refractivity contribution in [1.29, 1.82) is 0 Å². The lowest BCUT2D eigenvalue weighted by Gasteiger charge is -2.12. The first-order valence-corrected chi connectivity index (χ1v) is 6.55. The molecule has 0 saturated carbocycles. The topological polar surface area (TPSA) is 81.4 Å². The van der Waals surface area contributed by atoms with Crippen LogP contribution >= 0.6 is 11.6 Å². The summed E-state index contributed by atoms with van der Waals surface area (Å²) >= 11 is 5.76. The van der Waals surface area contributed by atoms with Gasteiger partial charge in [0.15, 0.2) is 0 Å². The van der Waals surface area contributed by atoms with E-state index in [1.807, 2.05) is 13.8 Å². The molecule has 0 fully saturated rings. The van der Waals surface area contributed by atoms with Crippen molar-refractivity contribution < 1.29 is 14.6 Å². The van der Waals surface area contributed by atoms with Crippen molar-refractivity contribution >= 4 is 17.6 Å². The smallest absolute Gasteiger partial charge is 0.339 e. The zero-order chi connectivity index (χ0) is 15.6. The van der Waals surface area contributed by atoms with E-state index in [1.54, 1.807) is 6.20 Å². The first-order chi connectivity index (χ1) is 9.90. The van der Waals surface area contributed by atoms with Gasteiger partial charge in [0.1, 0.15) is 11.3 Å². The molecule has 1 N–H and O–H groups in total. The van der Waals surface area contributed by atoms with Crippen molar-refractivity contribution in [2.75, 3.05) is 0 Å². The van der Waals surface area contributed by atoms with Crippen molar-refractivity contribution in [3.8, 4) is 11.6 Å². The molecule has 0 spiro atoms. The number of halogens is 1. The van der Waals surface area contributed by atoms with Crippen LogP contribution in [-0.2, 0) is 0 Å². The average Bonchev–Trinajstić information content (AvgIpc) is 2.42. The van der Waals surface area contributed by atoms with Crippen LogP contribution in [0, 0.1) is 0 Å². The molecule has 0 aliphatic heterocycles. The number of aromatic nitrogens is 2. The van der Waals surface area contributed by atoms with Gasteiger partial charge in [0.05, 0.1) is 0 Å². The van der Waals surface area contributed by atoms with Gasteiger partial charge in [-0.3, -0.25) is 4.79 Å². The van der Waals surface area contributed by atoms with Gasteiger partial charge in [0, 0.05) is 23.5 Å². The molecular formula is C14H13ClN2O4. The Kier molecular flexibility index (Phi) is 4.28. The molecule has 0 aliphatic carbocycles. The van der Waals surface area contributed by atoms with E-state index in [4.69, 9.17) is 21.4 Å². The minimum Gasteiger partial charge on any atom is -0.478 e. The fourth-order valence-electron chi connectivity index (χ4n) is 1.75. The van der Waals surface area contributed by atoms with E-state index in [9.17, 15) is 9.59 Å². The summed E-state index contributed by atoms with van der Waals surface area (Å²) in [6.45, 7) is 3.69. The summed E-state index contributed by atoms with van der Waals surface area (Å²) in [4.78, 5) is 27.2. The summed E-state index contributed by atoms with van der Waals surface area (Å²) in [5, 5.41) is 9.40. The third-order valence-corrected chi connectivity index (χ3v) is 3.01. The van der Waals surface area contributed by atoms with E-state index in [0.717, 1.165) is 0 Å². The van der Waals surface area contributed by atoms with Crippen LogP contribution in [-0.4, -0.2) is 20.6 Å². The second-order valence-corrected chi connectivity index (χ2v) is 5.02. The summed E-state index contributed by atoms with van der Waals surface area (Å²) < 4.78 is 6.81. The molecule has 21 heavy (non-hydrogen) atoms. The number of rotatable bonds is 4. The first kappa shape index (κ1) is 15.1. The summed E-state index contributed by atoms with van der Waals surface area (Å²) in [6, 6.07) is 4.06. The number of hydrogen-bond donors (Lipinski definition) is 1. The number of hydrogen-bond acceptors (Lipinski definition) is 4. The molecule has 1 aromatic carbocycles. The third kappa shape index (κ3) is 3.22. The summed E-state index contributed by atoms with van der Waals surface area (Å²) in [7, 11) is 0. The zero-order valence-electron chi connectivity index (χ0n) is 11.4. The molecule has 0 amide bonds. The first-order valence-electron chi connectivity index (χ1n) is 6.18. The van der Waals surface area contributed by atoms with Gasteiger partial charge in [-0.05, 0) is 32.0 Å². The number of benzene rings is 1. The number of ether oxygens (including phenoxy) is 1. The molecule has 0 bridgehead atoms. The average molecular weight is 309 g/mol. The van der Waals surface area contributed by atoms with Crippen molar-refractivity contribution in [1.82, 2.24) is 9.55 Å². The monoisotopic (exact) mass is 308 g/mol. The predicted octanol–water partition coefficient (Wildman–Crippen LogP) is 2.97. The van der Waals surface area contributed by atoms with Crippen molar-refractivity contribution in [2.24, 2.45) is 0 Å². The molecule has 7 heteroatoms. The van der Waals surface area contributed by atoms with Gasteiger partial charge in [-0.15, -0.1) is 0 Å². The van der Waals surface area contributed by atoms with Crippen LogP contribution in [0.3, 0.4) is 0 Å². The highest BCUT2D eigenvalue weighted by Gasteiger charge is 2.16. The van der Waals surface area contributed by atoms with Crippen LogP contribution in [0.2, 0.25) is 5.02 Å². The maximum Gasteiger partial charge on any atom is 0.339 e. The highest BCUT2D eigenvalue weighted by atomic mass is 35.5. The Hall–Kier alpha value is -2.34. The third-order valence-electron chi connectivity index (χ3n) is 2.77. The Morgan fingerprint density at radius 3 is 2.76 bits per heavy atom. The fourth-order valence-corrected chi connectivity index (χ4v) is 1.92. The predicted molar refractivity (Wildman–Crippen MR) is 77.4 cm³/mol. The van der Waals surface area contributed by atoms with Crippen LogP contribution in [0.25, 0.3) is 0 Å². The number of aromatic carboxylic acids is 1. The SMILES string of the molecule is CC(C)n1ccnc(Oc2ccc(Cl)cc2C(=O)O)c1=O. The van der Waals surface area contributed by atoms with E-state index in [1.165, 1.54) is 29.0 Å². The highest BCUT2D eigenvalue weighted by Crippen LogP contribution is 2.25. The van der Waals surface area contributed by atoms with Crippen LogP contribution < -0.4 is 10.3 Å². The lowest BCUT2D eigenvalue weighted by atomic mass is 10.2. The second-order valence-electron chi connectivity index (χ2n) is 4.59. The maximum absolute atomic E-state index is 12.2. The molecule has 0 radical (unpaired) electrons. The van der Waals surface area contributed by atoms with Crippen LogP contribution in [0.1, 0.15) is 30.2 Å². The fraction of sp³-hybridized carbons (Fsp3) is 0.214. The number of carbonyl (C=O) groups is 1. The lowest BCUT2D eigenvalue weighted by Crippen LogP contribution is -2.23. The van der Waals surface area contributed by atoms with Gasteiger partial charge in [-0.25, -0.2) is 9.78 Å². The van der Waals surface area contributed by atoms with Crippen molar-refractivity contribution in [3.05, 3.63) is 51.5 Å². The molecule has 6 nitrogen and oxygen atoms in total. The molecule has 2 rings (SSSR count). The van der Waals surface area contributed by atoms with E-state index in [-0.39, 0.29) is 28.3 Å². The van der Waals surface area contributed by atoms with Gasteiger partial charge in [-0.2, -0.15) is 0 Å². The van der Waals surface area contributed by atoms with Crippen LogP contribution in [0.15, 0.2) is 35.4 Å². The van der Waals surface area contributed by atoms with E-state index >= 15 is 0 Å². The number of nitrogens with zero attached hydrogens (tertiary/aromatic N) is 2. The van der Waals surface area contributed by atoms with Crippen molar-refractivity contribution in [3.63, 3.8) is 0 Å². The van der Waals surface area contributed by atoms with Crippen LogP contribution in [0.5, 0.6) is 11.6 Å². The van der Waals surface area contributed by atoms with Gasteiger partial charge in [-0.1, -0.05) is 11.6 Å². The lowest BCUT2D eigenvalue weighted by molar-refractivity contribution is 0.0694. The van der Waals surface area contributed by atoms with E-state index in [2.05, 4.69) is 4.98 Å². The molecular weight excluding hydrogens is 296 g/mol. The number of carboxylic acids is 1. The molecule has 0 saturated heterocycles. The van der Waals surface area contributed by atoms with Crippen LogP contribution in [0.4, 0.5) is 0 Å². The minimum atomic E-state index is -1.20. The molecule has 0 aliphatic rings. The normalized spacial score (nSPS) is 10.7. The van der Waals surface area contributed by atoms with Gasteiger partial charge in [0.25, 0.3) is 5.88 Å². The summed E-state index contributed by atoms with van der Waals surface area (Å²) in [5.74, 6) is -1.37. The summed E-state index contributed by atoms with van der Waals surface area (Å²) in [5.41, 5.74) is -0.567. The van der Waals surface area contributed by atoms with Gasteiger partial charge < -0.3 is 14.4 Å². The number of carboxylic acid groups (broad SMARTS) is 1. The molecule has 0 unspecified atom stereocenters. The Bertz CT molecular complexity index is 740. The highest BCUT2D eigenvalue weighted by molar-refractivity contribution is 6.31. The molecule has 1 heterocycles. The van der Waals surface area contributed by atoms with Gasteiger partial charge in [0.2, 0.25) is 0 Å². The molecule has 0 atom stereocenters. The second kappa shape index (κ2) is 5.97. The van der Waals surface area contributed by atoms with E-state index < -0.39 is 11.5 Å². The minimum absolute atomic E-state index is 0.0120. The molecule has 110 valence electrons. The largest absolute Gasteiger partial charge is 0.478 e. The standard InChI is InChI=1S/C14H13ClN2O4/c1-8(2)17-6-5-16-12(13(17)18)21-11-4-3-9(15)7-10(11)14(19)20/h3-8H,1-2H3,(H,19,20). The Labute approximate surface area is 125 Å². The quantitative estimate of drug-likeness (QED) is 0.939. The molecule has 2 aromatic rings. The maximum atomic E-state index is 12.2.